The average Bonchev–Trinajstić information content (AvgIpc) is 2.75. The molecule has 0 aromatic heterocycles. The Morgan fingerprint density at radius 3 is 2.34 bits per heavy atom. The van der Waals surface area contributed by atoms with Crippen LogP contribution in [0.4, 0.5) is 14.5 Å². The maximum Gasteiger partial charge on any atom is 0.270 e. The minimum Gasteiger partial charge on any atom is -0.491 e. The summed E-state index contributed by atoms with van der Waals surface area (Å²) in [6.45, 7) is 8.22. The summed E-state index contributed by atoms with van der Waals surface area (Å²) in [5.41, 5.74) is 0.876. The van der Waals surface area contributed by atoms with Gasteiger partial charge in [0.15, 0.2) is 0 Å². The van der Waals surface area contributed by atoms with Crippen LogP contribution in [0.1, 0.15) is 31.9 Å². The van der Waals surface area contributed by atoms with Gasteiger partial charge in [-0.05, 0) is 49.0 Å². The van der Waals surface area contributed by atoms with Crippen molar-refractivity contribution in [3.8, 4) is 5.75 Å². The summed E-state index contributed by atoms with van der Waals surface area (Å²) in [7, 11) is 1.61. The van der Waals surface area contributed by atoms with Gasteiger partial charge in [0.25, 0.3) is 11.8 Å². The van der Waals surface area contributed by atoms with Crippen LogP contribution in [0.5, 0.6) is 5.75 Å². The second-order valence-electron chi connectivity index (χ2n) is 7.35. The third-order valence-corrected chi connectivity index (χ3v) is 5.73. The summed E-state index contributed by atoms with van der Waals surface area (Å²) in [5, 5.41) is 0.551. The molecule has 174 valence electrons. The first-order chi connectivity index (χ1) is 15.1. The molecule has 0 saturated carbocycles. The standard InChI is InChI=1S/C24H28Cl2F2N2O2/c1-5-30(6-2)13-14-32-22-11-10-19(16-21(22)26)29(4)23(31)12-8-17-7-9-18(15-20(17)25)24(3,27)28/h7-12,15-16H,5-6,13-14H2,1-4H3/b12-8+. The first-order valence-corrected chi connectivity index (χ1v) is 11.1. The van der Waals surface area contributed by atoms with Gasteiger partial charge in [0.2, 0.25) is 0 Å². The Kier molecular flexibility index (Phi) is 9.49. The molecule has 0 radical (unpaired) electrons. The van der Waals surface area contributed by atoms with Crippen molar-refractivity contribution >= 4 is 40.9 Å². The molecule has 8 heteroatoms. The molecule has 0 fully saturated rings. The smallest absolute Gasteiger partial charge is 0.270 e. The van der Waals surface area contributed by atoms with E-state index in [0.717, 1.165) is 26.6 Å². The molecule has 0 spiro atoms. The number of carbonyl (C=O) groups excluding carboxylic acids is 1. The van der Waals surface area contributed by atoms with Crippen molar-refractivity contribution < 1.29 is 18.3 Å². The highest BCUT2D eigenvalue weighted by atomic mass is 35.5. The molecule has 0 aliphatic heterocycles. The van der Waals surface area contributed by atoms with Crippen molar-refractivity contribution in [2.75, 3.05) is 38.2 Å². The fourth-order valence-corrected chi connectivity index (χ4v) is 3.45. The Morgan fingerprint density at radius 1 is 1.09 bits per heavy atom. The highest BCUT2D eigenvalue weighted by molar-refractivity contribution is 6.32. The highest BCUT2D eigenvalue weighted by Crippen LogP contribution is 2.31. The first kappa shape index (κ1) is 26.1. The average molecular weight is 485 g/mol. The molecule has 0 atom stereocenters. The molecule has 2 rings (SSSR count). The molecule has 0 N–H and O–H groups in total. The topological polar surface area (TPSA) is 32.8 Å². The number of anilines is 1. The molecule has 1 amide bonds. The lowest BCUT2D eigenvalue weighted by Crippen LogP contribution is -2.28. The molecular weight excluding hydrogens is 457 g/mol. The van der Waals surface area contributed by atoms with Gasteiger partial charge in [0, 0.05) is 42.9 Å². The number of carbonyl (C=O) groups is 1. The molecule has 0 saturated heterocycles. The van der Waals surface area contributed by atoms with Crippen LogP contribution >= 0.6 is 23.2 Å². The molecular formula is C24H28Cl2F2N2O2. The van der Waals surface area contributed by atoms with Gasteiger partial charge in [0.1, 0.15) is 12.4 Å². The zero-order chi connectivity index (χ0) is 23.9. The molecule has 0 aliphatic carbocycles. The second kappa shape index (κ2) is 11.6. The number of likely N-dealkylation sites (N-methyl/N-ethyl adjacent to an activating group) is 2. The third-order valence-electron chi connectivity index (χ3n) is 5.11. The van der Waals surface area contributed by atoms with Crippen molar-refractivity contribution in [1.82, 2.24) is 4.90 Å². The third kappa shape index (κ3) is 7.19. The van der Waals surface area contributed by atoms with E-state index in [1.807, 2.05) is 0 Å². The molecule has 2 aromatic carbocycles. The summed E-state index contributed by atoms with van der Waals surface area (Å²) >= 11 is 12.4. The number of nitrogens with zero attached hydrogens (tertiary/aromatic N) is 2. The van der Waals surface area contributed by atoms with E-state index in [4.69, 9.17) is 27.9 Å². The van der Waals surface area contributed by atoms with Crippen molar-refractivity contribution in [1.29, 1.82) is 0 Å². The van der Waals surface area contributed by atoms with Crippen LogP contribution < -0.4 is 9.64 Å². The number of alkyl halides is 2. The quantitative estimate of drug-likeness (QED) is 0.360. The number of hydrogen-bond acceptors (Lipinski definition) is 3. The van der Waals surface area contributed by atoms with Crippen molar-refractivity contribution in [2.24, 2.45) is 0 Å². The lowest BCUT2D eigenvalue weighted by atomic mass is 10.1. The van der Waals surface area contributed by atoms with E-state index >= 15 is 0 Å². The molecule has 0 bridgehead atoms. The van der Waals surface area contributed by atoms with Crippen LogP contribution in [0.2, 0.25) is 10.0 Å². The number of hydrogen-bond donors (Lipinski definition) is 0. The van der Waals surface area contributed by atoms with E-state index < -0.39 is 5.92 Å². The highest BCUT2D eigenvalue weighted by Gasteiger charge is 2.24. The predicted molar refractivity (Wildman–Crippen MR) is 128 cm³/mol. The van der Waals surface area contributed by atoms with Crippen LogP contribution in [-0.2, 0) is 10.7 Å². The van der Waals surface area contributed by atoms with E-state index in [0.29, 0.717) is 28.6 Å². The van der Waals surface area contributed by atoms with Gasteiger partial charge < -0.3 is 14.5 Å². The van der Waals surface area contributed by atoms with Crippen molar-refractivity contribution in [3.63, 3.8) is 0 Å². The Bertz CT molecular complexity index is 958. The molecule has 2 aromatic rings. The fraction of sp³-hybridized carbons (Fsp3) is 0.375. The van der Waals surface area contributed by atoms with Gasteiger partial charge in [-0.15, -0.1) is 0 Å². The number of amides is 1. The maximum absolute atomic E-state index is 13.4. The predicted octanol–water partition coefficient (Wildman–Crippen LogP) is 6.50. The summed E-state index contributed by atoms with van der Waals surface area (Å²) in [4.78, 5) is 16.2. The van der Waals surface area contributed by atoms with Gasteiger partial charge in [-0.3, -0.25) is 4.79 Å². The first-order valence-electron chi connectivity index (χ1n) is 10.3. The largest absolute Gasteiger partial charge is 0.491 e. The Hall–Kier alpha value is -2.15. The number of halogens is 4. The van der Waals surface area contributed by atoms with Crippen molar-refractivity contribution in [3.05, 3.63) is 63.6 Å². The number of ether oxygens (including phenoxy) is 1. The zero-order valence-corrected chi connectivity index (χ0v) is 20.2. The van der Waals surface area contributed by atoms with Crippen molar-refractivity contribution in [2.45, 2.75) is 26.7 Å². The van der Waals surface area contributed by atoms with Crippen LogP contribution in [-0.4, -0.2) is 44.1 Å². The van der Waals surface area contributed by atoms with Gasteiger partial charge in [-0.2, -0.15) is 0 Å². The van der Waals surface area contributed by atoms with Crippen LogP contribution in [0.15, 0.2) is 42.5 Å². The normalized spacial score (nSPS) is 11.9. The zero-order valence-electron chi connectivity index (χ0n) is 18.7. The summed E-state index contributed by atoms with van der Waals surface area (Å²) in [5.74, 6) is -2.75. The molecule has 32 heavy (non-hydrogen) atoms. The number of benzene rings is 2. The van der Waals surface area contributed by atoms with E-state index in [1.165, 1.54) is 35.3 Å². The number of rotatable bonds is 10. The van der Waals surface area contributed by atoms with Gasteiger partial charge >= 0.3 is 0 Å². The SMILES string of the molecule is CCN(CC)CCOc1ccc(N(C)C(=O)/C=C/c2ccc(C(C)(F)F)cc2Cl)cc1Cl. The fourth-order valence-electron chi connectivity index (χ4n) is 2.98. The monoisotopic (exact) mass is 484 g/mol. The van der Waals surface area contributed by atoms with Crippen LogP contribution in [0, 0.1) is 0 Å². The van der Waals surface area contributed by atoms with Crippen LogP contribution in [0.3, 0.4) is 0 Å². The molecule has 0 aliphatic rings. The summed E-state index contributed by atoms with van der Waals surface area (Å²) in [6, 6.07) is 9.08. The summed E-state index contributed by atoms with van der Waals surface area (Å²) < 4.78 is 32.6. The minimum absolute atomic E-state index is 0.144. The maximum atomic E-state index is 13.4. The van der Waals surface area contributed by atoms with E-state index in [9.17, 15) is 13.6 Å². The van der Waals surface area contributed by atoms with E-state index in [2.05, 4.69) is 18.7 Å². The van der Waals surface area contributed by atoms with E-state index in [-0.39, 0.29) is 16.5 Å². The molecule has 0 unspecified atom stereocenters. The van der Waals surface area contributed by atoms with Gasteiger partial charge in [0.05, 0.1) is 5.02 Å². The summed E-state index contributed by atoms with van der Waals surface area (Å²) in [6.07, 6.45) is 2.82. The lowest BCUT2D eigenvalue weighted by Gasteiger charge is -2.19. The minimum atomic E-state index is -2.98. The lowest BCUT2D eigenvalue weighted by molar-refractivity contribution is -0.113. The Labute approximate surface area is 198 Å². The van der Waals surface area contributed by atoms with Crippen LogP contribution in [0.25, 0.3) is 6.08 Å². The van der Waals surface area contributed by atoms with Gasteiger partial charge in [-0.25, -0.2) is 8.78 Å². The molecule has 4 nitrogen and oxygen atoms in total. The second-order valence-corrected chi connectivity index (χ2v) is 8.16. The Balaban J connectivity index is 2.04. The van der Waals surface area contributed by atoms with E-state index in [1.54, 1.807) is 25.2 Å². The molecule has 0 heterocycles. The Morgan fingerprint density at radius 2 is 1.78 bits per heavy atom. The van der Waals surface area contributed by atoms with Gasteiger partial charge in [-0.1, -0.05) is 49.2 Å².